The fourth-order valence-corrected chi connectivity index (χ4v) is 7.37. The highest BCUT2D eigenvalue weighted by Gasteiger charge is 2.31. The third-order valence-electron chi connectivity index (χ3n) is 4.14. The minimum atomic E-state index is -4.41. The standard InChI is InChI=1S/C16H29N5O7P2/c1-3-28-29(22,12-30(23,24)25)10-6-4-5-7-21-11-18-13-14(21)19-16(17)20-15(13)27-9-8-26-2/h11H,3-10,12H2,1-2H3,(H2,17,19,20)(H2,23,24,25). The molecule has 0 amide bonds. The van der Waals surface area contributed by atoms with E-state index in [1.54, 1.807) is 20.4 Å². The fraction of sp³-hybridized carbons (Fsp3) is 0.688. The van der Waals surface area contributed by atoms with Crippen molar-refractivity contribution in [2.24, 2.45) is 0 Å². The monoisotopic (exact) mass is 465 g/mol. The zero-order valence-corrected chi connectivity index (χ0v) is 18.9. The highest BCUT2D eigenvalue weighted by molar-refractivity contribution is 7.73. The molecule has 1 atom stereocenters. The van der Waals surface area contributed by atoms with Crippen molar-refractivity contribution in [2.75, 3.05) is 44.7 Å². The Hall–Kier alpha value is -1.55. The molecule has 0 spiro atoms. The number of aryl methyl sites for hydroxylation is 1. The van der Waals surface area contributed by atoms with E-state index >= 15 is 0 Å². The lowest BCUT2D eigenvalue weighted by Gasteiger charge is -2.18. The molecule has 170 valence electrons. The van der Waals surface area contributed by atoms with Crippen LogP contribution in [0.5, 0.6) is 5.88 Å². The van der Waals surface area contributed by atoms with Crippen LogP contribution in [0.1, 0.15) is 26.2 Å². The van der Waals surface area contributed by atoms with Crippen molar-refractivity contribution in [1.82, 2.24) is 19.5 Å². The molecule has 0 bridgehead atoms. The van der Waals surface area contributed by atoms with E-state index in [1.807, 2.05) is 4.57 Å². The van der Waals surface area contributed by atoms with Gasteiger partial charge in [-0.1, -0.05) is 6.42 Å². The second kappa shape index (κ2) is 11.2. The second-order valence-electron chi connectivity index (χ2n) is 6.66. The van der Waals surface area contributed by atoms with Gasteiger partial charge in [0, 0.05) is 19.8 Å². The summed E-state index contributed by atoms with van der Waals surface area (Å²) in [7, 11) is -6.19. The molecule has 14 heteroatoms. The molecule has 0 radical (unpaired) electrons. The van der Waals surface area contributed by atoms with Gasteiger partial charge in [-0.05, 0) is 19.8 Å². The highest BCUT2D eigenvalue weighted by Crippen LogP contribution is 2.58. The molecule has 2 rings (SSSR count). The third kappa shape index (κ3) is 7.61. The topological polar surface area (TPSA) is 172 Å². The van der Waals surface area contributed by atoms with Gasteiger partial charge >= 0.3 is 7.60 Å². The lowest BCUT2D eigenvalue weighted by atomic mass is 10.2. The summed E-state index contributed by atoms with van der Waals surface area (Å²) in [6.45, 7) is 3.09. The molecule has 0 fully saturated rings. The van der Waals surface area contributed by atoms with Crippen LogP contribution in [0.25, 0.3) is 11.2 Å². The molecule has 2 aromatic heterocycles. The minimum absolute atomic E-state index is 0.0757. The SMILES string of the molecule is CCOP(=O)(CCCCCn1cnc2c(OCCOC)nc(N)nc21)CP(=O)(O)O. The average molecular weight is 465 g/mol. The predicted molar refractivity (Wildman–Crippen MR) is 112 cm³/mol. The van der Waals surface area contributed by atoms with Gasteiger partial charge in [0.25, 0.3) is 0 Å². The van der Waals surface area contributed by atoms with Gasteiger partial charge in [0.1, 0.15) is 12.5 Å². The maximum atomic E-state index is 12.6. The van der Waals surface area contributed by atoms with Crippen LogP contribution in [-0.4, -0.2) is 68.3 Å². The van der Waals surface area contributed by atoms with Crippen molar-refractivity contribution in [3.63, 3.8) is 0 Å². The maximum Gasteiger partial charge on any atom is 0.335 e. The Bertz CT molecular complexity index is 917. The number of hydrogen-bond donors (Lipinski definition) is 3. The molecule has 0 aliphatic carbocycles. The van der Waals surface area contributed by atoms with Gasteiger partial charge in [-0.2, -0.15) is 9.97 Å². The Labute approximate surface area is 174 Å². The number of nitrogens with zero attached hydrogens (tertiary/aromatic N) is 4. The maximum absolute atomic E-state index is 12.6. The summed E-state index contributed by atoms with van der Waals surface area (Å²) >= 11 is 0. The van der Waals surface area contributed by atoms with Crippen molar-refractivity contribution in [2.45, 2.75) is 32.7 Å². The fourth-order valence-electron chi connectivity index (χ4n) is 2.92. The van der Waals surface area contributed by atoms with E-state index in [9.17, 15) is 9.13 Å². The molecule has 30 heavy (non-hydrogen) atoms. The normalized spacial score (nSPS) is 14.1. The van der Waals surface area contributed by atoms with Gasteiger partial charge in [0.15, 0.2) is 11.2 Å². The van der Waals surface area contributed by atoms with Crippen LogP contribution >= 0.6 is 15.0 Å². The molecule has 0 saturated heterocycles. The number of fused-ring (bicyclic) bond motifs is 1. The van der Waals surface area contributed by atoms with Crippen LogP contribution in [0.4, 0.5) is 5.95 Å². The number of aromatic nitrogens is 4. The van der Waals surface area contributed by atoms with Gasteiger partial charge in [-0.3, -0.25) is 9.13 Å². The van der Waals surface area contributed by atoms with Crippen molar-refractivity contribution < 1.29 is 32.9 Å². The van der Waals surface area contributed by atoms with E-state index in [1.165, 1.54) is 0 Å². The van der Waals surface area contributed by atoms with E-state index in [0.717, 1.165) is 6.42 Å². The van der Waals surface area contributed by atoms with E-state index < -0.39 is 20.9 Å². The van der Waals surface area contributed by atoms with E-state index in [4.69, 9.17) is 29.5 Å². The first-order valence-corrected chi connectivity index (χ1v) is 13.3. The summed E-state index contributed by atoms with van der Waals surface area (Å²) in [5.41, 5.74) is 6.83. The first-order chi connectivity index (χ1) is 14.2. The molecular formula is C16H29N5O7P2. The van der Waals surface area contributed by atoms with Crippen LogP contribution in [-0.2, 0) is 24.9 Å². The highest BCUT2D eigenvalue weighted by atomic mass is 31.2. The second-order valence-corrected chi connectivity index (χ2v) is 11.5. The molecule has 0 aliphatic rings. The van der Waals surface area contributed by atoms with Gasteiger partial charge < -0.3 is 34.1 Å². The zero-order chi connectivity index (χ0) is 22.2. The number of anilines is 1. The lowest BCUT2D eigenvalue weighted by molar-refractivity contribution is 0.144. The molecule has 0 saturated carbocycles. The van der Waals surface area contributed by atoms with E-state index in [2.05, 4.69) is 15.0 Å². The van der Waals surface area contributed by atoms with Crippen LogP contribution in [0, 0.1) is 0 Å². The van der Waals surface area contributed by atoms with Gasteiger partial charge in [0.05, 0.1) is 19.5 Å². The number of imidazole rings is 1. The predicted octanol–water partition coefficient (Wildman–Crippen LogP) is 2.05. The summed E-state index contributed by atoms with van der Waals surface area (Å²) in [6, 6.07) is 0. The van der Waals surface area contributed by atoms with Crippen LogP contribution < -0.4 is 10.5 Å². The Kier molecular flexibility index (Phi) is 9.21. The number of nitrogens with two attached hydrogens (primary N) is 1. The molecule has 1 unspecified atom stereocenters. The van der Waals surface area contributed by atoms with Crippen LogP contribution in [0.3, 0.4) is 0 Å². The number of rotatable bonds is 14. The van der Waals surface area contributed by atoms with Crippen molar-refractivity contribution >= 4 is 32.1 Å². The first-order valence-electron chi connectivity index (χ1n) is 9.54. The quantitative estimate of drug-likeness (QED) is 0.275. The number of unbranched alkanes of at least 4 members (excludes halogenated alkanes) is 2. The average Bonchev–Trinajstić information content (AvgIpc) is 3.03. The first kappa shape index (κ1) is 24.7. The summed E-state index contributed by atoms with van der Waals surface area (Å²) in [5.74, 6) is -0.350. The molecular weight excluding hydrogens is 436 g/mol. The number of ether oxygens (including phenoxy) is 2. The largest absolute Gasteiger partial charge is 0.474 e. The Morgan fingerprint density at radius 2 is 1.93 bits per heavy atom. The molecule has 4 N–H and O–H groups in total. The Morgan fingerprint density at radius 3 is 2.60 bits per heavy atom. The summed E-state index contributed by atoms with van der Waals surface area (Å²) in [5, 5.41) is 0. The molecule has 0 aromatic carbocycles. The molecule has 12 nitrogen and oxygen atoms in total. The lowest BCUT2D eigenvalue weighted by Crippen LogP contribution is -2.08. The summed E-state index contributed by atoms with van der Waals surface area (Å²) in [6.07, 6.45) is 3.68. The van der Waals surface area contributed by atoms with Crippen LogP contribution in [0.15, 0.2) is 6.33 Å². The number of methoxy groups -OCH3 is 1. The van der Waals surface area contributed by atoms with Crippen molar-refractivity contribution in [1.29, 1.82) is 0 Å². The van der Waals surface area contributed by atoms with Crippen LogP contribution in [0.2, 0.25) is 0 Å². The summed E-state index contributed by atoms with van der Waals surface area (Å²) in [4.78, 5) is 30.9. The zero-order valence-electron chi connectivity index (χ0n) is 17.1. The van der Waals surface area contributed by atoms with Gasteiger partial charge in [-0.15, -0.1) is 0 Å². The third-order valence-corrected chi connectivity index (χ3v) is 9.06. The van der Waals surface area contributed by atoms with E-state index in [-0.39, 0.29) is 18.7 Å². The Balaban J connectivity index is 1.93. The molecule has 2 aromatic rings. The number of hydrogen-bond acceptors (Lipinski definition) is 9. The van der Waals surface area contributed by atoms with Gasteiger partial charge in [-0.25, -0.2) is 4.98 Å². The van der Waals surface area contributed by atoms with Crippen molar-refractivity contribution in [3.05, 3.63) is 6.33 Å². The van der Waals surface area contributed by atoms with Crippen molar-refractivity contribution in [3.8, 4) is 5.88 Å². The number of nitrogen functional groups attached to an aromatic ring is 1. The van der Waals surface area contributed by atoms with Gasteiger partial charge in [0.2, 0.25) is 19.2 Å². The molecule has 0 aliphatic heterocycles. The summed E-state index contributed by atoms with van der Waals surface area (Å²) < 4.78 is 41.3. The molecule has 2 heterocycles. The minimum Gasteiger partial charge on any atom is -0.474 e. The Morgan fingerprint density at radius 1 is 1.17 bits per heavy atom. The van der Waals surface area contributed by atoms with E-state index in [0.29, 0.717) is 49.6 Å². The smallest absolute Gasteiger partial charge is 0.335 e.